The number of thiazole rings is 1. The summed E-state index contributed by atoms with van der Waals surface area (Å²) >= 11 is 1.55. The molecule has 1 unspecified atom stereocenters. The van der Waals surface area contributed by atoms with Crippen LogP contribution >= 0.6 is 11.3 Å². The van der Waals surface area contributed by atoms with Gasteiger partial charge in [0.05, 0.1) is 11.9 Å². The minimum absolute atomic E-state index is 0.0151. The lowest BCUT2D eigenvalue weighted by Crippen LogP contribution is -2.30. The molecule has 5 nitrogen and oxygen atoms in total. The molecular weight excluding hydrogens is 320 g/mol. The van der Waals surface area contributed by atoms with Gasteiger partial charge in [-0.1, -0.05) is 0 Å². The Morgan fingerprint density at radius 1 is 1.27 bits per heavy atom. The Morgan fingerprint density at radius 2 is 2.09 bits per heavy atom. The average Bonchev–Trinajstić information content (AvgIpc) is 3.02. The Bertz CT molecular complexity index is 691. The minimum Gasteiger partial charge on any atom is -0.377 e. The zero-order valence-corrected chi connectivity index (χ0v) is 13.7. The van der Waals surface area contributed by atoms with Crippen molar-refractivity contribution < 1.29 is 13.2 Å². The van der Waals surface area contributed by atoms with Gasteiger partial charge in [0.2, 0.25) is 10.0 Å². The van der Waals surface area contributed by atoms with Gasteiger partial charge < -0.3 is 4.74 Å². The van der Waals surface area contributed by atoms with Gasteiger partial charge >= 0.3 is 0 Å². The fraction of sp³-hybridized carbons (Fsp3) is 0.400. The monoisotopic (exact) mass is 338 g/mol. The van der Waals surface area contributed by atoms with Crippen molar-refractivity contribution in [3.05, 3.63) is 35.8 Å². The van der Waals surface area contributed by atoms with E-state index < -0.39 is 10.0 Å². The summed E-state index contributed by atoms with van der Waals surface area (Å²) in [6, 6.07) is 7.26. The van der Waals surface area contributed by atoms with Crippen LogP contribution in [0.25, 0.3) is 10.6 Å². The number of aromatic nitrogens is 1. The first kappa shape index (κ1) is 15.5. The van der Waals surface area contributed by atoms with Gasteiger partial charge in [-0.15, -0.1) is 11.3 Å². The van der Waals surface area contributed by atoms with E-state index in [0.717, 1.165) is 29.8 Å². The SMILES string of the molecule is O=S(=O)(CC1CCCCO1)Nc1ccc(-c2nccs2)cc1. The first-order valence-electron chi connectivity index (χ1n) is 7.24. The van der Waals surface area contributed by atoms with Crippen LogP contribution in [0.4, 0.5) is 5.69 Å². The number of nitrogens with one attached hydrogen (secondary N) is 1. The molecule has 2 aromatic rings. The fourth-order valence-corrected chi connectivity index (χ4v) is 4.43. The number of sulfonamides is 1. The van der Waals surface area contributed by atoms with Crippen molar-refractivity contribution in [1.29, 1.82) is 0 Å². The van der Waals surface area contributed by atoms with Crippen molar-refractivity contribution in [2.24, 2.45) is 0 Å². The van der Waals surface area contributed by atoms with E-state index in [2.05, 4.69) is 9.71 Å². The number of hydrogen-bond donors (Lipinski definition) is 1. The quantitative estimate of drug-likeness (QED) is 0.909. The summed E-state index contributed by atoms with van der Waals surface area (Å²) in [5.41, 5.74) is 1.55. The molecule has 0 saturated carbocycles. The highest BCUT2D eigenvalue weighted by atomic mass is 32.2. The highest BCUT2D eigenvalue weighted by Crippen LogP contribution is 2.24. The van der Waals surface area contributed by atoms with Crippen molar-refractivity contribution >= 4 is 27.0 Å². The molecule has 0 amide bonds. The average molecular weight is 338 g/mol. The number of ether oxygens (including phenoxy) is 1. The summed E-state index contributed by atoms with van der Waals surface area (Å²) in [5, 5.41) is 2.83. The summed E-state index contributed by atoms with van der Waals surface area (Å²) in [6.45, 7) is 0.655. The summed E-state index contributed by atoms with van der Waals surface area (Å²) in [7, 11) is -3.39. The van der Waals surface area contributed by atoms with Crippen LogP contribution < -0.4 is 4.72 Å². The van der Waals surface area contributed by atoms with Crippen molar-refractivity contribution in [2.45, 2.75) is 25.4 Å². The maximum absolute atomic E-state index is 12.2. The van der Waals surface area contributed by atoms with Gasteiger partial charge in [-0.3, -0.25) is 4.72 Å². The van der Waals surface area contributed by atoms with E-state index >= 15 is 0 Å². The number of nitrogens with zero attached hydrogens (tertiary/aromatic N) is 1. The first-order valence-corrected chi connectivity index (χ1v) is 9.78. The molecule has 0 radical (unpaired) electrons. The summed E-state index contributed by atoms with van der Waals surface area (Å²) in [5.74, 6) is 0.0151. The standard InChI is InChI=1S/C15H18N2O3S2/c18-22(19,11-14-3-1-2-9-20-14)17-13-6-4-12(5-7-13)15-16-8-10-21-15/h4-8,10,14,17H,1-3,9,11H2. The molecule has 2 heterocycles. The molecule has 0 aliphatic carbocycles. The lowest BCUT2D eigenvalue weighted by molar-refractivity contribution is 0.0306. The van der Waals surface area contributed by atoms with Crippen LogP contribution in [0.3, 0.4) is 0 Å². The second kappa shape index (κ2) is 6.76. The van der Waals surface area contributed by atoms with Crippen LogP contribution in [0.5, 0.6) is 0 Å². The third kappa shape index (κ3) is 4.06. The first-order chi connectivity index (χ1) is 10.6. The molecule has 1 aromatic heterocycles. The largest absolute Gasteiger partial charge is 0.377 e. The molecule has 1 saturated heterocycles. The van der Waals surface area contributed by atoms with E-state index in [-0.39, 0.29) is 11.9 Å². The molecule has 1 aliphatic heterocycles. The molecule has 0 bridgehead atoms. The fourth-order valence-electron chi connectivity index (χ4n) is 2.45. The predicted octanol–water partition coefficient (Wildman–Crippen LogP) is 3.12. The van der Waals surface area contributed by atoms with Crippen LogP contribution in [-0.2, 0) is 14.8 Å². The zero-order valence-electron chi connectivity index (χ0n) is 12.1. The maximum atomic E-state index is 12.2. The van der Waals surface area contributed by atoms with Crippen molar-refractivity contribution in [3.63, 3.8) is 0 Å². The van der Waals surface area contributed by atoms with Crippen LogP contribution in [0.1, 0.15) is 19.3 Å². The maximum Gasteiger partial charge on any atom is 0.235 e. The number of anilines is 1. The highest BCUT2D eigenvalue weighted by Gasteiger charge is 2.22. The number of hydrogen-bond acceptors (Lipinski definition) is 5. The molecule has 3 rings (SSSR count). The highest BCUT2D eigenvalue weighted by molar-refractivity contribution is 7.92. The van der Waals surface area contributed by atoms with Crippen LogP contribution in [0, 0.1) is 0 Å². The van der Waals surface area contributed by atoms with Crippen molar-refractivity contribution in [2.75, 3.05) is 17.1 Å². The van der Waals surface area contributed by atoms with E-state index in [1.807, 2.05) is 17.5 Å². The van der Waals surface area contributed by atoms with Gasteiger partial charge in [-0.25, -0.2) is 13.4 Å². The molecular formula is C15H18N2O3S2. The van der Waals surface area contributed by atoms with E-state index in [1.165, 1.54) is 0 Å². The number of benzene rings is 1. The Balaban J connectivity index is 1.64. The normalized spacial score (nSPS) is 19.0. The Kier molecular flexibility index (Phi) is 4.75. The predicted molar refractivity (Wildman–Crippen MR) is 88.6 cm³/mol. The molecule has 1 N–H and O–H groups in total. The number of rotatable bonds is 5. The van der Waals surface area contributed by atoms with E-state index in [9.17, 15) is 8.42 Å². The van der Waals surface area contributed by atoms with Gasteiger partial charge in [-0.2, -0.15) is 0 Å². The zero-order chi connectivity index (χ0) is 15.4. The van der Waals surface area contributed by atoms with Gasteiger partial charge in [0, 0.05) is 29.4 Å². The molecule has 0 spiro atoms. The molecule has 118 valence electrons. The molecule has 1 aliphatic rings. The molecule has 7 heteroatoms. The smallest absolute Gasteiger partial charge is 0.235 e. The van der Waals surface area contributed by atoms with E-state index in [0.29, 0.717) is 12.3 Å². The van der Waals surface area contributed by atoms with E-state index in [1.54, 1.807) is 29.7 Å². The second-order valence-corrected chi connectivity index (χ2v) is 7.95. The minimum atomic E-state index is -3.39. The molecule has 1 fully saturated rings. The summed E-state index contributed by atoms with van der Waals surface area (Å²) in [4.78, 5) is 4.23. The van der Waals surface area contributed by atoms with Gasteiger partial charge in [0.25, 0.3) is 0 Å². The van der Waals surface area contributed by atoms with E-state index in [4.69, 9.17) is 4.74 Å². The van der Waals surface area contributed by atoms with Gasteiger partial charge in [0.15, 0.2) is 0 Å². The lowest BCUT2D eigenvalue weighted by atomic mass is 10.1. The van der Waals surface area contributed by atoms with Crippen LogP contribution in [-0.4, -0.2) is 31.9 Å². The lowest BCUT2D eigenvalue weighted by Gasteiger charge is -2.22. The molecule has 22 heavy (non-hydrogen) atoms. The third-order valence-corrected chi connectivity index (χ3v) is 5.70. The van der Waals surface area contributed by atoms with Crippen LogP contribution in [0.15, 0.2) is 35.8 Å². The molecule has 1 atom stereocenters. The third-order valence-electron chi connectivity index (χ3n) is 3.52. The van der Waals surface area contributed by atoms with Gasteiger partial charge in [-0.05, 0) is 43.5 Å². The summed E-state index contributed by atoms with van der Waals surface area (Å²) in [6.07, 6.45) is 4.41. The van der Waals surface area contributed by atoms with Crippen LogP contribution in [0.2, 0.25) is 0 Å². The Morgan fingerprint density at radius 3 is 2.73 bits per heavy atom. The topological polar surface area (TPSA) is 68.3 Å². The summed E-state index contributed by atoms with van der Waals surface area (Å²) < 4.78 is 32.5. The van der Waals surface area contributed by atoms with Gasteiger partial charge in [0.1, 0.15) is 5.01 Å². The van der Waals surface area contributed by atoms with Crippen molar-refractivity contribution in [3.8, 4) is 10.6 Å². The second-order valence-electron chi connectivity index (χ2n) is 5.29. The molecule has 1 aromatic carbocycles. The Hall–Kier alpha value is -1.44. The van der Waals surface area contributed by atoms with Crippen molar-refractivity contribution in [1.82, 2.24) is 4.98 Å². The Labute approximate surface area is 134 Å².